The third-order valence-electron chi connectivity index (χ3n) is 2.31. The van der Waals surface area contributed by atoms with Crippen LogP contribution in [-0.2, 0) is 0 Å². The van der Waals surface area contributed by atoms with Crippen LogP contribution in [0.2, 0.25) is 5.02 Å². The number of benzene rings is 1. The maximum absolute atomic E-state index is 13.4. The zero-order chi connectivity index (χ0) is 11.4. The van der Waals surface area contributed by atoms with Crippen molar-refractivity contribution in [1.82, 2.24) is 0 Å². The van der Waals surface area contributed by atoms with Crippen LogP contribution in [0.15, 0.2) is 18.2 Å². The van der Waals surface area contributed by atoms with Crippen LogP contribution in [-0.4, -0.2) is 20.1 Å². The highest BCUT2D eigenvalue weighted by atomic mass is 35.5. The van der Waals surface area contributed by atoms with Gasteiger partial charge in [-0.1, -0.05) is 18.5 Å². The molecule has 0 aliphatic heterocycles. The molecule has 1 aromatic rings. The summed E-state index contributed by atoms with van der Waals surface area (Å²) in [5.74, 6) is 0.0690. The molecule has 0 aromatic heterocycles. The Hall–Kier alpha value is -0.800. The van der Waals surface area contributed by atoms with E-state index in [1.807, 2.05) is 18.9 Å². The molecule has 0 aliphatic carbocycles. The van der Waals surface area contributed by atoms with Gasteiger partial charge in [-0.3, -0.25) is 0 Å². The summed E-state index contributed by atoms with van der Waals surface area (Å²) in [5.41, 5.74) is 6.04. The molecule has 0 bridgehead atoms. The van der Waals surface area contributed by atoms with Crippen molar-refractivity contribution in [1.29, 1.82) is 0 Å². The predicted molar refractivity (Wildman–Crippen MR) is 62.9 cm³/mol. The molecule has 0 aliphatic rings. The predicted octanol–water partition coefficient (Wildman–Crippen LogP) is 2.51. The highest BCUT2D eigenvalue weighted by Crippen LogP contribution is 2.23. The third-order valence-corrected chi connectivity index (χ3v) is 2.54. The van der Waals surface area contributed by atoms with Crippen molar-refractivity contribution in [2.24, 2.45) is 11.7 Å². The smallest absolute Gasteiger partial charge is 0.146 e. The summed E-state index contributed by atoms with van der Waals surface area (Å²) in [6.45, 7) is 3.33. The number of hydrogen-bond donors (Lipinski definition) is 1. The number of halogens is 2. The molecule has 0 saturated heterocycles. The van der Waals surface area contributed by atoms with Crippen molar-refractivity contribution in [3.63, 3.8) is 0 Å². The van der Waals surface area contributed by atoms with Gasteiger partial charge in [0.1, 0.15) is 5.82 Å². The molecule has 0 saturated carbocycles. The van der Waals surface area contributed by atoms with Gasteiger partial charge in [0.15, 0.2) is 0 Å². The van der Waals surface area contributed by atoms with E-state index in [1.54, 1.807) is 12.1 Å². The maximum Gasteiger partial charge on any atom is 0.146 e. The summed E-state index contributed by atoms with van der Waals surface area (Å²) < 4.78 is 13.4. The lowest BCUT2D eigenvalue weighted by Crippen LogP contribution is -2.28. The van der Waals surface area contributed by atoms with Gasteiger partial charge < -0.3 is 10.6 Å². The van der Waals surface area contributed by atoms with Gasteiger partial charge in [-0.15, -0.1) is 0 Å². The van der Waals surface area contributed by atoms with E-state index < -0.39 is 0 Å². The van der Waals surface area contributed by atoms with Crippen LogP contribution in [0.25, 0.3) is 0 Å². The molecule has 84 valence electrons. The highest BCUT2D eigenvalue weighted by molar-refractivity contribution is 6.30. The SMILES string of the molecule is CC(CN)CN(C)c1cc(Cl)ccc1F. The number of hydrogen-bond acceptors (Lipinski definition) is 2. The molecule has 0 radical (unpaired) electrons. The summed E-state index contributed by atoms with van der Waals surface area (Å²) in [4.78, 5) is 1.83. The minimum Gasteiger partial charge on any atom is -0.372 e. The van der Waals surface area contributed by atoms with E-state index in [1.165, 1.54) is 6.07 Å². The molecule has 1 atom stereocenters. The number of nitrogens with two attached hydrogens (primary N) is 1. The molecular weight excluding hydrogens is 215 g/mol. The molecule has 0 spiro atoms. The lowest BCUT2D eigenvalue weighted by atomic mass is 10.1. The van der Waals surface area contributed by atoms with Gasteiger partial charge in [-0.25, -0.2) is 4.39 Å². The van der Waals surface area contributed by atoms with Gasteiger partial charge >= 0.3 is 0 Å². The zero-order valence-electron chi connectivity index (χ0n) is 9.00. The first-order valence-electron chi connectivity index (χ1n) is 4.91. The topological polar surface area (TPSA) is 29.3 Å². The van der Waals surface area contributed by atoms with E-state index in [-0.39, 0.29) is 5.82 Å². The minimum absolute atomic E-state index is 0.258. The Morgan fingerprint density at radius 3 is 2.80 bits per heavy atom. The Morgan fingerprint density at radius 1 is 1.53 bits per heavy atom. The van der Waals surface area contributed by atoms with E-state index in [0.29, 0.717) is 29.7 Å². The fourth-order valence-electron chi connectivity index (χ4n) is 1.42. The van der Waals surface area contributed by atoms with Crippen molar-refractivity contribution in [3.8, 4) is 0 Å². The molecule has 0 fully saturated rings. The third kappa shape index (κ3) is 3.36. The van der Waals surface area contributed by atoms with Gasteiger partial charge in [0, 0.05) is 18.6 Å². The monoisotopic (exact) mass is 230 g/mol. The second-order valence-corrected chi connectivity index (χ2v) is 4.25. The van der Waals surface area contributed by atoms with Crippen LogP contribution in [0.4, 0.5) is 10.1 Å². The summed E-state index contributed by atoms with van der Waals surface area (Å²) in [6, 6.07) is 4.54. The van der Waals surface area contributed by atoms with Crippen LogP contribution < -0.4 is 10.6 Å². The van der Waals surface area contributed by atoms with Crippen LogP contribution in [0.3, 0.4) is 0 Å². The van der Waals surface area contributed by atoms with Gasteiger partial charge in [-0.2, -0.15) is 0 Å². The Morgan fingerprint density at radius 2 is 2.20 bits per heavy atom. The van der Waals surface area contributed by atoms with E-state index >= 15 is 0 Å². The Balaban J connectivity index is 2.80. The van der Waals surface area contributed by atoms with Gasteiger partial charge in [0.2, 0.25) is 0 Å². The first-order chi connectivity index (χ1) is 7.04. The summed E-state index contributed by atoms with van der Waals surface area (Å²) >= 11 is 5.81. The van der Waals surface area contributed by atoms with Gasteiger partial charge in [0.05, 0.1) is 5.69 Å². The molecule has 1 aromatic carbocycles. The standard InChI is InChI=1S/C11H16ClFN2/c1-8(6-14)7-15(2)11-5-9(12)3-4-10(11)13/h3-5,8H,6-7,14H2,1-2H3. The lowest BCUT2D eigenvalue weighted by Gasteiger charge is -2.23. The molecule has 1 rings (SSSR count). The molecule has 0 heterocycles. The average molecular weight is 231 g/mol. The minimum atomic E-state index is -0.258. The molecular formula is C11H16ClFN2. The summed E-state index contributed by atoms with van der Waals surface area (Å²) in [6.07, 6.45) is 0. The Bertz CT molecular complexity index is 330. The van der Waals surface area contributed by atoms with Crippen molar-refractivity contribution >= 4 is 17.3 Å². The number of anilines is 1. The molecule has 1 unspecified atom stereocenters. The zero-order valence-corrected chi connectivity index (χ0v) is 9.76. The van der Waals surface area contributed by atoms with Gasteiger partial charge in [0.25, 0.3) is 0 Å². The van der Waals surface area contributed by atoms with Crippen molar-refractivity contribution < 1.29 is 4.39 Å². The number of nitrogens with zero attached hydrogens (tertiary/aromatic N) is 1. The maximum atomic E-state index is 13.4. The lowest BCUT2D eigenvalue weighted by molar-refractivity contribution is 0.574. The highest BCUT2D eigenvalue weighted by Gasteiger charge is 2.10. The molecule has 0 amide bonds. The largest absolute Gasteiger partial charge is 0.372 e. The fourth-order valence-corrected chi connectivity index (χ4v) is 1.59. The second kappa shape index (κ2) is 5.33. The van der Waals surface area contributed by atoms with Crippen LogP contribution in [0.5, 0.6) is 0 Å². The molecule has 15 heavy (non-hydrogen) atoms. The van der Waals surface area contributed by atoms with Crippen LogP contribution in [0.1, 0.15) is 6.92 Å². The van der Waals surface area contributed by atoms with E-state index in [2.05, 4.69) is 0 Å². The molecule has 2 N–H and O–H groups in total. The van der Waals surface area contributed by atoms with E-state index in [0.717, 1.165) is 0 Å². The Labute approximate surface area is 94.8 Å². The second-order valence-electron chi connectivity index (χ2n) is 3.82. The van der Waals surface area contributed by atoms with Gasteiger partial charge in [-0.05, 0) is 30.7 Å². The average Bonchev–Trinajstić information content (AvgIpc) is 2.21. The molecule has 2 nitrogen and oxygen atoms in total. The normalized spacial score (nSPS) is 12.6. The summed E-state index contributed by atoms with van der Waals surface area (Å²) in [5, 5.41) is 0.540. The fraction of sp³-hybridized carbons (Fsp3) is 0.455. The van der Waals surface area contributed by atoms with E-state index in [4.69, 9.17) is 17.3 Å². The summed E-state index contributed by atoms with van der Waals surface area (Å²) in [7, 11) is 1.83. The quantitative estimate of drug-likeness (QED) is 0.861. The first-order valence-corrected chi connectivity index (χ1v) is 5.28. The van der Waals surface area contributed by atoms with Crippen LogP contribution in [0, 0.1) is 11.7 Å². The molecule has 4 heteroatoms. The van der Waals surface area contributed by atoms with Crippen molar-refractivity contribution in [2.75, 3.05) is 25.0 Å². The first kappa shape index (κ1) is 12.3. The Kier molecular flexibility index (Phi) is 4.36. The van der Waals surface area contributed by atoms with Crippen molar-refractivity contribution in [2.45, 2.75) is 6.92 Å². The number of rotatable bonds is 4. The van der Waals surface area contributed by atoms with E-state index in [9.17, 15) is 4.39 Å². The van der Waals surface area contributed by atoms with Crippen molar-refractivity contribution in [3.05, 3.63) is 29.0 Å². The van der Waals surface area contributed by atoms with Crippen LogP contribution >= 0.6 is 11.6 Å².